The zero-order chi connectivity index (χ0) is 13.8. The Balaban J connectivity index is 2.12. The Kier molecular flexibility index (Phi) is 4.03. The first-order valence-electron chi connectivity index (χ1n) is 6.35. The molecule has 1 aromatic heterocycles. The number of amidine groups is 1. The smallest absolute Gasteiger partial charge is 0.226 e. The Morgan fingerprint density at radius 3 is 2.84 bits per heavy atom. The number of nitrogens with zero attached hydrogens (tertiary/aromatic N) is 5. The highest BCUT2D eigenvalue weighted by Crippen LogP contribution is 2.31. The summed E-state index contributed by atoms with van der Waals surface area (Å²) in [6.45, 7) is 0.699. The first-order chi connectivity index (χ1) is 9.11. The molecule has 1 aliphatic carbocycles. The van der Waals surface area contributed by atoms with Crippen LogP contribution in [0.15, 0.2) is 17.4 Å². The summed E-state index contributed by atoms with van der Waals surface area (Å²) < 4.78 is 0. The zero-order valence-electron chi connectivity index (χ0n) is 11.3. The lowest BCUT2D eigenvalue weighted by atomic mass is 10.3. The lowest BCUT2D eigenvalue weighted by Gasteiger charge is -2.24. The minimum Gasteiger partial charge on any atom is -0.409 e. The van der Waals surface area contributed by atoms with Crippen molar-refractivity contribution >= 4 is 17.6 Å². The maximum absolute atomic E-state index is 8.60. The topological polar surface area (TPSA) is 90.9 Å². The van der Waals surface area contributed by atoms with Crippen molar-refractivity contribution in [3.8, 4) is 0 Å². The molecule has 7 heteroatoms. The van der Waals surface area contributed by atoms with Crippen LogP contribution in [0.2, 0.25) is 0 Å². The number of rotatable bonds is 6. The fourth-order valence-electron chi connectivity index (χ4n) is 1.87. The molecule has 0 atom stereocenters. The fourth-order valence-corrected chi connectivity index (χ4v) is 1.87. The van der Waals surface area contributed by atoms with Crippen LogP contribution in [0.5, 0.6) is 0 Å². The molecule has 2 rings (SSSR count). The van der Waals surface area contributed by atoms with Crippen LogP contribution in [-0.2, 0) is 0 Å². The number of hydrogen-bond acceptors (Lipinski definition) is 6. The molecule has 1 heterocycles. The molecule has 1 saturated carbocycles. The van der Waals surface area contributed by atoms with Gasteiger partial charge in [0.1, 0.15) is 11.7 Å². The number of anilines is 2. The van der Waals surface area contributed by atoms with Crippen molar-refractivity contribution in [1.82, 2.24) is 9.97 Å². The zero-order valence-corrected chi connectivity index (χ0v) is 11.3. The van der Waals surface area contributed by atoms with Gasteiger partial charge in [-0.2, -0.15) is 4.98 Å². The van der Waals surface area contributed by atoms with E-state index in [1.165, 1.54) is 0 Å². The van der Waals surface area contributed by atoms with E-state index >= 15 is 0 Å². The van der Waals surface area contributed by atoms with Gasteiger partial charge in [-0.1, -0.05) is 5.16 Å². The summed E-state index contributed by atoms with van der Waals surface area (Å²) in [6.07, 6.45) is 4.61. The van der Waals surface area contributed by atoms with Gasteiger partial charge >= 0.3 is 0 Å². The van der Waals surface area contributed by atoms with Gasteiger partial charge in [0.25, 0.3) is 0 Å². The largest absolute Gasteiger partial charge is 0.409 e. The molecule has 7 nitrogen and oxygen atoms in total. The van der Waals surface area contributed by atoms with Crippen molar-refractivity contribution in [2.75, 3.05) is 30.4 Å². The summed E-state index contributed by atoms with van der Waals surface area (Å²) in [6, 6.07) is 2.41. The highest BCUT2D eigenvalue weighted by molar-refractivity contribution is 5.80. The van der Waals surface area contributed by atoms with E-state index in [4.69, 9.17) is 10.9 Å². The molecule has 1 aliphatic rings. The minimum atomic E-state index is 0.243. The van der Waals surface area contributed by atoms with Crippen molar-refractivity contribution in [1.29, 1.82) is 0 Å². The van der Waals surface area contributed by atoms with Crippen LogP contribution in [0.25, 0.3) is 0 Å². The second-order valence-electron chi connectivity index (χ2n) is 4.88. The minimum absolute atomic E-state index is 0.243. The monoisotopic (exact) mass is 264 g/mol. The Morgan fingerprint density at radius 1 is 1.53 bits per heavy atom. The third kappa shape index (κ3) is 3.46. The Morgan fingerprint density at radius 2 is 2.26 bits per heavy atom. The lowest BCUT2D eigenvalue weighted by molar-refractivity contribution is 0.317. The number of nitrogens with two attached hydrogens (primary N) is 1. The summed E-state index contributed by atoms with van der Waals surface area (Å²) in [4.78, 5) is 12.8. The van der Waals surface area contributed by atoms with Crippen LogP contribution < -0.4 is 15.5 Å². The molecule has 3 N–H and O–H groups in total. The van der Waals surface area contributed by atoms with E-state index in [1.54, 1.807) is 6.20 Å². The summed E-state index contributed by atoms with van der Waals surface area (Å²) in [5.41, 5.74) is 5.53. The molecule has 0 unspecified atom stereocenters. The molecule has 0 aromatic carbocycles. The van der Waals surface area contributed by atoms with E-state index in [2.05, 4.69) is 20.0 Å². The van der Waals surface area contributed by atoms with Crippen LogP contribution in [0.1, 0.15) is 19.3 Å². The van der Waals surface area contributed by atoms with Gasteiger partial charge in [-0.15, -0.1) is 0 Å². The molecule has 0 saturated heterocycles. The molecular weight excluding hydrogens is 244 g/mol. The number of oxime groups is 1. The van der Waals surface area contributed by atoms with Crippen LogP contribution in [0.4, 0.5) is 11.8 Å². The highest BCUT2D eigenvalue weighted by atomic mass is 16.4. The van der Waals surface area contributed by atoms with Gasteiger partial charge in [0.2, 0.25) is 5.95 Å². The van der Waals surface area contributed by atoms with E-state index in [0.29, 0.717) is 25.0 Å². The standard InChI is InChI=1S/C12H20N6O/c1-17(2)12-14-7-5-11(15-12)18(9-3-4-9)8-6-10(13)16-19/h5,7,9,19H,3-4,6,8H2,1-2H3,(H2,13,16). The maximum atomic E-state index is 8.60. The third-order valence-electron chi connectivity index (χ3n) is 3.05. The first kappa shape index (κ1) is 13.4. The maximum Gasteiger partial charge on any atom is 0.226 e. The molecule has 104 valence electrons. The molecule has 1 aromatic rings. The van der Waals surface area contributed by atoms with Gasteiger partial charge in [0, 0.05) is 39.3 Å². The quantitative estimate of drug-likeness (QED) is 0.339. The molecule has 0 aliphatic heterocycles. The Labute approximate surface area is 112 Å². The third-order valence-corrected chi connectivity index (χ3v) is 3.05. The van der Waals surface area contributed by atoms with E-state index < -0.39 is 0 Å². The second kappa shape index (κ2) is 5.73. The summed E-state index contributed by atoms with van der Waals surface area (Å²) in [5.74, 6) is 1.83. The average molecular weight is 264 g/mol. The van der Waals surface area contributed by atoms with E-state index in [9.17, 15) is 0 Å². The predicted octanol–water partition coefficient (Wildman–Crippen LogP) is 0.648. The molecule has 0 radical (unpaired) electrons. The van der Waals surface area contributed by atoms with Crippen LogP contribution in [-0.4, -0.2) is 47.7 Å². The van der Waals surface area contributed by atoms with Crippen LogP contribution in [0, 0.1) is 0 Å². The van der Waals surface area contributed by atoms with E-state index in [-0.39, 0.29) is 5.84 Å². The number of hydrogen-bond donors (Lipinski definition) is 2. The predicted molar refractivity (Wildman–Crippen MR) is 74.8 cm³/mol. The average Bonchev–Trinajstić information content (AvgIpc) is 3.23. The van der Waals surface area contributed by atoms with Gasteiger partial charge in [-0.25, -0.2) is 4.98 Å². The molecule has 1 fully saturated rings. The van der Waals surface area contributed by atoms with E-state index in [1.807, 2.05) is 25.1 Å². The summed E-state index contributed by atoms with van der Waals surface area (Å²) in [5, 5.41) is 11.6. The SMILES string of the molecule is CN(C)c1nccc(N(CCC(N)=NO)C2CC2)n1. The molecule has 0 amide bonds. The fraction of sp³-hybridized carbons (Fsp3) is 0.583. The van der Waals surface area contributed by atoms with Crippen LogP contribution in [0.3, 0.4) is 0 Å². The van der Waals surface area contributed by atoms with Gasteiger partial charge in [0.15, 0.2) is 0 Å². The van der Waals surface area contributed by atoms with E-state index in [0.717, 1.165) is 18.7 Å². The molecule has 19 heavy (non-hydrogen) atoms. The second-order valence-corrected chi connectivity index (χ2v) is 4.88. The summed E-state index contributed by atoms with van der Waals surface area (Å²) >= 11 is 0. The van der Waals surface area contributed by atoms with Gasteiger partial charge in [0.05, 0.1) is 0 Å². The van der Waals surface area contributed by atoms with Gasteiger partial charge < -0.3 is 20.7 Å². The van der Waals surface area contributed by atoms with Crippen LogP contribution >= 0.6 is 0 Å². The van der Waals surface area contributed by atoms with Gasteiger partial charge in [-0.05, 0) is 18.9 Å². The summed E-state index contributed by atoms with van der Waals surface area (Å²) in [7, 11) is 3.83. The first-order valence-corrected chi connectivity index (χ1v) is 6.35. The van der Waals surface area contributed by atoms with Crippen molar-refractivity contribution in [2.24, 2.45) is 10.9 Å². The Bertz CT molecular complexity index is 457. The van der Waals surface area contributed by atoms with Crippen molar-refractivity contribution in [3.05, 3.63) is 12.3 Å². The van der Waals surface area contributed by atoms with Crippen molar-refractivity contribution in [2.45, 2.75) is 25.3 Å². The van der Waals surface area contributed by atoms with Crippen molar-refractivity contribution in [3.63, 3.8) is 0 Å². The lowest BCUT2D eigenvalue weighted by Crippen LogP contribution is -2.31. The Hall–Kier alpha value is -2.05. The molecular formula is C12H20N6O. The van der Waals surface area contributed by atoms with Gasteiger partial charge in [-0.3, -0.25) is 0 Å². The molecule has 0 spiro atoms. The normalized spacial score (nSPS) is 15.4. The molecule has 0 bridgehead atoms. The van der Waals surface area contributed by atoms with Crippen molar-refractivity contribution < 1.29 is 5.21 Å². The highest BCUT2D eigenvalue weighted by Gasteiger charge is 2.30. The number of aromatic nitrogens is 2.